The summed E-state index contributed by atoms with van der Waals surface area (Å²) in [6.45, 7) is 1.86. The molecule has 0 fully saturated rings. The van der Waals surface area contributed by atoms with Crippen molar-refractivity contribution in [2.45, 2.75) is 32.1 Å². The van der Waals surface area contributed by atoms with E-state index in [4.69, 9.17) is 9.47 Å². The highest BCUT2D eigenvalue weighted by Gasteiger charge is 2.22. The first-order valence-electron chi connectivity index (χ1n) is 10.1. The van der Waals surface area contributed by atoms with Gasteiger partial charge in [0.25, 0.3) is 5.91 Å². The smallest absolute Gasteiger partial charge is 0.271 e. The molecule has 0 saturated heterocycles. The van der Waals surface area contributed by atoms with Gasteiger partial charge in [0, 0.05) is 33.4 Å². The van der Waals surface area contributed by atoms with E-state index >= 15 is 0 Å². The minimum absolute atomic E-state index is 0.0895. The molecule has 0 aliphatic rings. The van der Waals surface area contributed by atoms with Crippen molar-refractivity contribution in [3.05, 3.63) is 47.2 Å². The molecule has 2 aromatic rings. The first-order chi connectivity index (χ1) is 15.7. The van der Waals surface area contributed by atoms with Crippen molar-refractivity contribution < 1.29 is 32.6 Å². The van der Waals surface area contributed by atoms with E-state index < -0.39 is 41.7 Å². The fraction of sp³-hybridized carbons (Fsp3) is 0.429. The van der Waals surface area contributed by atoms with Crippen LogP contribution in [-0.2, 0) is 25.5 Å². The van der Waals surface area contributed by atoms with Gasteiger partial charge in [0.2, 0.25) is 11.8 Å². The lowest BCUT2D eigenvalue weighted by atomic mass is 10.1. The summed E-state index contributed by atoms with van der Waals surface area (Å²) in [6.07, 6.45) is -0.641. The topological polar surface area (TPSA) is 126 Å². The molecule has 3 amide bonds. The average molecular weight is 467 g/mol. The molecule has 0 saturated carbocycles. The lowest BCUT2D eigenvalue weighted by Gasteiger charge is -2.21. The molecule has 0 radical (unpaired) electrons. The minimum Gasteiger partial charge on any atom is -0.354 e. The second-order valence-corrected chi connectivity index (χ2v) is 7.23. The van der Waals surface area contributed by atoms with Crippen molar-refractivity contribution in [1.82, 2.24) is 20.4 Å². The van der Waals surface area contributed by atoms with E-state index in [1.807, 2.05) is 0 Å². The van der Waals surface area contributed by atoms with Crippen LogP contribution in [0.15, 0.2) is 24.3 Å². The molecule has 1 heterocycles. The van der Waals surface area contributed by atoms with Gasteiger partial charge < -0.3 is 25.0 Å². The molecule has 3 N–H and O–H groups in total. The maximum Gasteiger partial charge on any atom is 0.271 e. The standard InChI is InChI=1S/C21H27F2N5O5/c1-5-15(24-18(29)8-12-6-13(22)9-14(23)7-12)20(30)25-17-10-16(26-27-17)21(31)28(2)11-19(32-3)33-4/h6-7,9-10,15,19H,5,8,11H2,1-4H3,(H,24,29)(H2,25,26,27,30). The number of ether oxygens (including phenoxy) is 2. The molecule has 1 aromatic carbocycles. The Labute approximate surface area is 189 Å². The predicted molar refractivity (Wildman–Crippen MR) is 114 cm³/mol. The van der Waals surface area contributed by atoms with Gasteiger partial charge in [0.1, 0.15) is 23.4 Å². The number of hydrogen-bond donors (Lipinski definition) is 3. The highest BCUT2D eigenvalue weighted by molar-refractivity contribution is 5.98. The molecule has 0 bridgehead atoms. The molecule has 0 spiro atoms. The van der Waals surface area contributed by atoms with Crippen LogP contribution in [0.3, 0.4) is 0 Å². The normalized spacial score (nSPS) is 11.8. The van der Waals surface area contributed by atoms with Crippen LogP contribution in [0.5, 0.6) is 0 Å². The first-order valence-corrected chi connectivity index (χ1v) is 10.1. The molecule has 2 rings (SSSR count). The molecule has 12 heteroatoms. The van der Waals surface area contributed by atoms with E-state index in [2.05, 4.69) is 20.8 Å². The van der Waals surface area contributed by atoms with E-state index in [1.165, 1.54) is 25.2 Å². The van der Waals surface area contributed by atoms with Crippen molar-refractivity contribution >= 4 is 23.5 Å². The number of amides is 3. The van der Waals surface area contributed by atoms with Crippen LogP contribution in [-0.4, -0.2) is 73.0 Å². The van der Waals surface area contributed by atoms with Crippen molar-refractivity contribution in [2.75, 3.05) is 33.1 Å². The van der Waals surface area contributed by atoms with Gasteiger partial charge in [-0.15, -0.1) is 0 Å². The summed E-state index contributed by atoms with van der Waals surface area (Å²) in [5, 5.41) is 11.5. The monoisotopic (exact) mass is 467 g/mol. The Kier molecular flexibility index (Phi) is 9.43. The minimum atomic E-state index is -0.918. The fourth-order valence-corrected chi connectivity index (χ4v) is 2.96. The van der Waals surface area contributed by atoms with Crippen LogP contribution >= 0.6 is 0 Å². The van der Waals surface area contributed by atoms with Crippen LogP contribution in [0.2, 0.25) is 0 Å². The predicted octanol–water partition coefficient (Wildman–Crippen LogP) is 1.45. The SMILES string of the molecule is CCC(NC(=O)Cc1cc(F)cc(F)c1)C(=O)Nc1cc(C(=O)N(C)CC(OC)OC)[nH]n1. The maximum absolute atomic E-state index is 13.3. The second-order valence-electron chi connectivity index (χ2n) is 7.23. The Hall–Kier alpha value is -3.38. The molecule has 1 aromatic heterocycles. The Balaban J connectivity index is 1.95. The number of rotatable bonds is 11. The van der Waals surface area contributed by atoms with E-state index in [0.29, 0.717) is 6.07 Å². The zero-order valence-corrected chi connectivity index (χ0v) is 18.8. The number of aromatic amines is 1. The summed E-state index contributed by atoms with van der Waals surface area (Å²) < 4.78 is 36.7. The Bertz CT molecular complexity index is 959. The molecule has 1 atom stereocenters. The summed E-state index contributed by atoms with van der Waals surface area (Å²) in [4.78, 5) is 38.6. The summed E-state index contributed by atoms with van der Waals surface area (Å²) in [6, 6.07) is 3.24. The van der Waals surface area contributed by atoms with Gasteiger partial charge in [0.15, 0.2) is 12.1 Å². The van der Waals surface area contributed by atoms with Crippen molar-refractivity contribution in [2.24, 2.45) is 0 Å². The number of carbonyl (C=O) groups is 3. The number of carbonyl (C=O) groups excluding carboxylic acids is 3. The fourth-order valence-electron chi connectivity index (χ4n) is 2.96. The van der Waals surface area contributed by atoms with Gasteiger partial charge in [-0.25, -0.2) is 8.78 Å². The van der Waals surface area contributed by atoms with Gasteiger partial charge >= 0.3 is 0 Å². The Morgan fingerprint density at radius 1 is 1.12 bits per heavy atom. The summed E-state index contributed by atoms with van der Waals surface area (Å²) in [5.41, 5.74) is 0.271. The van der Waals surface area contributed by atoms with E-state index in [0.717, 1.165) is 12.1 Å². The van der Waals surface area contributed by atoms with Crippen LogP contribution < -0.4 is 10.6 Å². The lowest BCUT2D eigenvalue weighted by Crippen LogP contribution is -2.44. The van der Waals surface area contributed by atoms with Gasteiger partial charge in [-0.2, -0.15) is 5.10 Å². The number of aromatic nitrogens is 2. The number of nitrogens with zero attached hydrogens (tertiary/aromatic N) is 2. The quantitative estimate of drug-likeness (QED) is 0.430. The molecule has 180 valence electrons. The van der Waals surface area contributed by atoms with Crippen LogP contribution in [0.1, 0.15) is 29.4 Å². The number of methoxy groups -OCH3 is 2. The van der Waals surface area contributed by atoms with Crippen molar-refractivity contribution in [3.8, 4) is 0 Å². The van der Waals surface area contributed by atoms with Gasteiger partial charge in [-0.1, -0.05) is 6.92 Å². The largest absolute Gasteiger partial charge is 0.354 e. The van der Waals surface area contributed by atoms with Crippen LogP contribution in [0, 0.1) is 11.6 Å². The number of benzene rings is 1. The number of hydrogen-bond acceptors (Lipinski definition) is 6. The number of likely N-dealkylation sites (N-methyl/N-ethyl adjacent to an activating group) is 1. The molecule has 33 heavy (non-hydrogen) atoms. The third-order valence-electron chi connectivity index (χ3n) is 4.70. The third-order valence-corrected chi connectivity index (χ3v) is 4.70. The van der Waals surface area contributed by atoms with Crippen LogP contribution in [0.25, 0.3) is 0 Å². The molecule has 1 unspecified atom stereocenters. The van der Waals surface area contributed by atoms with E-state index in [9.17, 15) is 23.2 Å². The summed E-state index contributed by atoms with van der Waals surface area (Å²) in [5.74, 6) is -3.04. The Morgan fingerprint density at radius 2 is 1.76 bits per heavy atom. The summed E-state index contributed by atoms with van der Waals surface area (Å²) >= 11 is 0. The molecule has 10 nitrogen and oxygen atoms in total. The van der Waals surface area contributed by atoms with Gasteiger partial charge in [-0.05, 0) is 24.1 Å². The molecular weight excluding hydrogens is 440 g/mol. The molecular formula is C21H27F2N5O5. The van der Waals surface area contributed by atoms with Gasteiger partial charge in [0.05, 0.1) is 13.0 Å². The number of anilines is 1. The lowest BCUT2D eigenvalue weighted by molar-refractivity contribution is -0.126. The van der Waals surface area contributed by atoms with Gasteiger partial charge in [-0.3, -0.25) is 19.5 Å². The average Bonchev–Trinajstić information content (AvgIpc) is 3.22. The van der Waals surface area contributed by atoms with Crippen molar-refractivity contribution in [3.63, 3.8) is 0 Å². The van der Waals surface area contributed by atoms with E-state index in [1.54, 1.807) is 14.0 Å². The highest BCUT2D eigenvalue weighted by atomic mass is 19.1. The zero-order valence-electron chi connectivity index (χ0n) is 18.8. The number of halogens is 2. The third kappa shape index (κ3) is 7.61. The van der Waals surface area contributed by atoms with Crippen molar-refractivity contribution in [1.29, 1.82) is 0 Å². The second kappa shape index (κ2) is 12.0. The highest BCUT2D eigenvalue weighted by Crippen LogP contribution is 2.11. The zero-order chi connectivity index (χ0) is 24.5. The number of H-pyrrole nitrogens is 1. The Morgan fingerprint density at radius 3 is 2.33 bits per heavy atom. The van der Waals surface area contributed by atoms with E-state index in [-0.39, 0.29) is 36.5 Å². The number of nitrogens with one attached hydrogen (secondary N) is 3. The first kappa shape index (κ1) is 25.9. The van der Waals surface area contributed by atoms with Crippen LogP contribution in [0.4, 0.5) is 14.6 Å². The summed E-state index contributed by atoms with van der Waals surface area (Å²) in [7, 11) is 4.46. The molecule has 0 aliphatic carbocycles. The maximum atomic E-state index is 13.3. The molecule has 0 aliphatic heterocycles.